The number of para-hydroxylation sites is 1. The SMILES string of the molecule is O=C1[C@H]2[C@H](CC=C3[C@H]2C[C@@]2(Cl)C(=O)N(CBr)C(=O)[C@@]2(Cl)[C@H]3c2cccc(F)c2O)C(=O)N1c1cccc(B(O)O)c1. The number of hydrogen-bond donors (Lipinski definition) is 3. The summed E-state index contributed by atoms with van der Waals surface area (Å²) in [6.07, 6.45) is 1.46. The lowest BCUT2D eigenvalue weighted by molar-refractivity contribution is -0.138. The molecule has 2 heterocycles. The van der Waals surface area contributed by atoms with Gasteiger partial charge in [-0.15, -0.1) is 23.2 Å². The minimum Gasteiger partial charge on any atom is -0.505 e. The van der Waals surface area contributed by atoms with Crippen LogP contribution in [0.3, 0.4) is 0 Å². The van der Waals surface area contributed by atoms with Crippen molar-refractivity contribution in [3.05, 3.63) is 65.5 Å². The fraction of sp³-hybridized carbons (Fsp3) is 0.333. The van der Waals surface area contributed by atoms with Gasteiger partial charge in [-0.25, -0.2) is 4.39 Å². The van der Waals surface area contributed by atoms with Crippen LogP contribution in [-0.2, 0) is 19.2 Å². The van der Waals surface area contributed by atoms with Gasteiger partial charge in [0.1, 0.15) is 0 Å². The van der Waals surface area contributed by atoms with Crippen molar-refractivity contribution < 1.29 is 38.7 Å². The smallest absolute Gasteiger partial charge is 0.488 e. The van der Waals surface area contributed by atoms with Crippen molar-refractivity contribution in [3.63, 3.8) is 0 Å². The summed E-state index contributed by atoms with van der Waals surface area (Å²) < 4.78 is 14.6. The number of allylic oxidation sites excluding steroid dienone is 2. The molecule has 2 aromatic carbocycles. The number of alkyl halides is 3. The molecule has 9 nitrogen and oxygen atoms in total. The summed E-state index contributed by atoms with van der Waals surface area (Å²) in [5, 5.41) is 30.0. The van der Waals surface area contributed by atoms with E-state index in [1.165, 1.54) is 36.4 Å². The van der Waals surface area contributed by atoms with Gasteiger partial charge in [-0.1, -0.05) is 51.8 Å². The molecule has 3 fully saturated rings. The number of phenolic OH excluding ortho intramolecular Hbond substituents is 1. The maximum Gasteiger partial charge on any atom is 0.488 e. The van der Waals surface area contributed by atoms with Gasteiger partial charge in [0.2, 0.25) is 11.8 Å². The Morgan fingerprint density at radius 3 is 2.41 bits per heavy atom. The largest absolute Gasteiger partial charge is 0.505 e. The molecule has 4 aliphatic rings. The van der Waals surface area contributed by atoms with Gasteiger partial charge >= 0.3 is 7.12 Å². The third kappa shape index (κ3) is 3.67. The van der Waals surface area contributed by atoms with Gasteiger partial charge in [-0.05, 0) is 42.4 Å². The van der Waals surface area contributed by atoms with E-state index < -0.39 is 75.7 Å². The molecule has 0 bridgehead atoms. The second-order valence-corrected chi connectivity index (χ2v) is 12.4. The zero-order valence-electron chi connectivity index (χ0n) is 21.0. The summed E-state index contributed by atoms with van der Waals surface area (Å²) in [4.78, 5) is 52.5. The highest BCUT2D eigenvalue weighted by atomic mass is 79.9. The zero-order valence-corrected chi connectivity index (χ0v) is 24.1. The Balaban J connectivity index is 1.52. The van der Waals surface area contributed by atoms with Crippen molar-refractivity contribution in [2.45, 2.75) is 28.5 Å². The maximum atomic E-state index is 14.6. The number of nitrogens with zero attached hydrogens (tertiary/aromatic N) is 2. The number of imide groups is 2. The molecule has 41 heavy (non-hydrogen) atoms. The van der Waals surface area contributed by atoms with E-state index in [9.17, 15) is 38.7 Å². The number of halogens is 4. The van der Waals surface area contributed by atoms with Gasteiger partial charge in [0.25, 0.3) is 11.8 Å². The van der Waals surface area contributed by atoms with E-state index in [1.54, 1.807) is 6.08 Å². The lowest BCUT2D eigenvalue weighted by Gasteiger charge is -2.50. The summed E-state index contributed by atoms with van der Waals surface area (Å²) in [5.41, 5.74) is 0.326. The summed E-state index contributed by atoms with van der Waals surface area (Å²) >= 11 is 17.3. The molecule has 0 unspecified atom stereocenters. The van der Waals surface area contributed by atoms with E-state index in [0.717, 1.165) is 15.9 Å². The predicted molar refractivity (Wildman–Crippen MR) is 150 cm³/mol. The van der Waals surface area contributed by atoms with Gasteiger partial charge < -0.3 is 15.2 Å². The molecule has 4 amide bonds. The second kappa shape index (κ2) is 9.63. The third-order valence-electron chi connectivity index (χ3n) is 8.77. The Morgan fingerprint density at radius 2 is 1.73 bits per heavy atom. The Morgan fingerprint density at radius 1 is 1.02 bits per heavy atom. The van der Waals surface area contributed by atoms with Crippen molar-refractivity contribution in [1.29, 1.82) is 0 Å². The Hall–Kier alpha value is -2.77. The highest BCUT2D eigenvalue weighted by molar-refractivity contribution is 9.09. The van der Waals surface area contributed by atoms with Crippen LogP contribution in [-0.4, -0.2) is 66.0 Å². The van der Waals surface area contributed by atoms with Crippen LogP contribution in [0.2, 0.25) is 0 Å². The molecular weight excluding hydrogens is 645 g/mol. The van der Waals surface area contributed by atoms with Crippen LogP contribution in [0.25, 0.3) is 0 Å². The van der Waals surface area contributed by atoms with Gasteiger partial charge in [-0.2, -0.15) is 0 Å². The Kier molecular flexibility index (Phi) is 6.66. The molecular formula is C27H21BBrCl2FN2O7. The normalized spacial score (nSPS) is 32.6. The first-order valence-corrected chi connectivity index (χ1v) is 14.6. The predicted octanol–water partition coefficient (Wildman–Crippen LogP) is 2.13. The maximum absolute atomic E-state index is 14.6. The van der Waals surface area contributed by atoms with Crippen LogP contribution in [0.4, 0.5) is 10.1 Å². The van der Waals surface area contributed by atoms with Crippen LogP contribution < -0.4 is 10.4 Å². The molecule has 2 aliphatic carbocycles. The van der Waals surface area contributed by atoms with Gasteiger partial charge in [-0.3, -0.25) is 29.0 Å². The van der Waals surface area contributed by atoms with Crippen molar-refractivity contribution in [1.82, 2.24) is 4.90 Å². The first-order chi connectivity index (χ1) is 19.4. The number of amides is 4. The molecule has 1 saturated carbocycles. The minimum absolute atomic E-state index is 0.0685. The van der Waals surface area contributed by atoms with Crippen molar-refractivity contribution in [2.24, 2.45) is 17.8 Å². The average Bonchev–Trinajstić information content (AvgIpc) is 3.28. The number of carbonyl (C=O) groups excluding carboxylic acids is 4. The summed E-state index contributed by atoms with van der Waals surface area (Å²) in [7, 11) is -1.83. The second-order valence-electron chi connectivity index (χ2n) is 10.6. The van der Waals surface area contributed by atoms with Crippen LogP contribution in [0.15, 0.2) is 54.1 Å². The van der Waals surface area contributed by atoms with Crippen molar-refractivity contribution in [3.8, 4) is 5.75 Å². The zero-order chi connectivity index (χ0) is 29.6. The molecule has 0 radical (unpaired) electrons. The van der Waals surface area contributed by atoms with Crippen LogP contribution in [0.1, 0.15) is 24.3 Å². The number of fused-ring (bicyclic) bond motifs is 4. The topological polar surface area (TPSA) is 135 Å². The van der Waals surface area contributed by atoms with Gasteiger partial charge in [0.05, 0.1) is 23.0 Å². The molecule has 0 aromatic heterocycles. The van der Waals surface area contributed by atoms with E-state index in [1.807, 2.05) is 0 Å². The van der Waals surface area contributed by atoms with E-state index in [0.29, 0.717) is 5.57 Å². The van der Waals surface area contributed by atoms with Gasteiger partial charge in [0.15, 0.2) is 21.3 Å². The molecule has 14 heteroatoms. The number of anilines is 1. The fourth-order valence-electron chi connectivity index (χ4n) is 6.94. The van der Waals surface area contributed by atoms with E-state index in [4.69, 9.17) is 23.2 Å². The van der Waals surface area contributed by atoms with Crippen molar-refractivity contribution >= 4 is 81.0 Å². The van der Waals surface area contributed by atoms with Crippen LogP contribution in [0.5, 0.6) is 5.75 Å². The monoisotopic (exact) mass is 664 g/mol. The first kappa shape index (κ1) is 28.4. The first-order valence-electron chi connectivity index (χ1n) is 12.7. The number of phenols is 1. The average molecular weight is 666 g/mol. The number of rotatable bonds is 4. The van der Waals surface area contributed by atoms with Crippen LogP contribution >= 0.6 is 39.1 Å². The van der Waals surface area contributed by atoms with Gasteiger partial charge in [0, 0.05) is 11.5 Å². The molecule has 2 aromatic rings. The molecule has 2 aliphatic heterocycles. The molecule has 3 N–H and O–H groups in total. The van der Waals surface area contributed by atoms with E-state index in [-0.39, 0.29) is 35.0 Å². The number of carbonyl (C=O) groups is 4. The van der Waals surface area contributed by atoms with E-state index >= 15 is 0 Å². The fourth-order valence-corrected chi connectivity index (χ4v) is 8.36. The highest BCUT2D eigenvalue weighted by Gasteiger charge is 2.76. The summed E-state index contributed by atoms with van der Waals surface area (Å²) in [5.74, 6) is -8.54. The van der Waals surface area contributed by atoms with Crippen LogP contribution in [0, 0.1) is 23.6 Å². The van der Waals surface area contributed by atoms with Crippen molar-refractivity contribution in [2.75, 3.05) is 10.4 Å². The third-order valence-corrected chi connectivity index (χ3v) is 10.7. The molecule has 212 valence electrons. The molecule has 6 atom stereocenters. The standard InChI is InChI=1S/C27H21BBrCl2FN2O7/c29-11-33-24(38)26(30)10-17-14(20(27(26,31)25(33)39)16-5-2-6-18(32)21(16)35)7-8-15-19(17)23(37)34(22(15)36)13-4-1-3-12(9-13)28(40)41/h1-7,9,15,17,19-20,35,40-41H,8,10-11H2/t15-,17+,19-,20+,26+,27-/m0/s1. The molecule has 2 saturated heterocycles. The quantitative estimate of drug-likeness (QED) is 0.150. The highest BCUT2D eigenvalue weighted by Crippen LogP contribution is 2.66. The number of aromatic hydroxyl groups is 1. The summed E-state index contributed by atoms with van der Waals surface area (Å²) in [6, 6.07) is 9.45. The lowest BCUT2D eigenvalue weighted by atomic mass is 9.56. The molecule has 6 rings (SSSR count). The Labute approximate surface area is 251 Å². The number of likely N-dealkylation sites (tertiary alicyclic amines) is 1. The lowest BCUT2D eigenvalue weighted by Crippen LogP contribution is -2.60. The Bertz CT molecular complexity index is 1580. The number of benzene rings is 2. The van der Waals surface area contributed by atoms with E-state index in [2.05, 4.69) is 15.9 Å². The minimum atomic E-state index is -2.17. The summed E-state index contributed by atoms with van der Waals surface area (Å²) in [6.45, 7) is 0. The molecule has 0 spiro atoms. The number of hydrogen-bond acceptors (Lipinski definition) is 7.